The number of nitrogens with zero attached hydrogens (tertiary/aromatic N) is 2. The highest BCUT2D eigenvalue weighted by atomic mass is 16.6. The number of alkyl carbamates (subject to hydrolysis) is 1. The maximum Gasteiger partial charge on any atom is 0.407 e. The Kier molecular flexibility index (Phi) is 6.16. The van der Waals surface area contributed by atoms with Crippen LogP contribution in [0.1, 0.15) is 37.6 Å². The Morgan fingerprint density at radius 2 is 1.97 bits per heavy atom. The average Bonchev–Trinajstić information content (AvgIpc) is 3.08. The maximum absolute atomic E-state index is 11.7. The number of oxime groups is 1. The first-order valence-corrected chi connectivity index (χ1v) is 9.49. The normalized spacial score (nSPS) is 12.1. The fourth-order valence-electron chi connectivity index (χ4n) is 2.69. The Labute approximate surface area is 170 Å². The zero-order valence-corrected chi connectivity index (χ0v) is 17.2. The van der Waals surface area contributed by atoms with Crippen molar-refractivity contribution < 1.29 is 14.4 Å². The molecule has 0 saturated heterocycles. The van der Waals surface area contributed by atoms with Gasteiger partial charge in [0.15, 0.2) is 0 Å². The first kappa shape index (κ1) is 20.4. The second-order valence-electron chi connectivity index (χ2n) is 7.71. The molecule has 0 radical (unpaired) electrons. The van der Waals surface area contributed by atoms with Crippen LogP contribution in [0.4, 0.5) is 4.79 Å². The summed E-state index contributed by atoms with van der Waals surface area (Å²) in [6.45, 7) is 7.99. The molecule has 7 heteroatoms. The second kappa shape index (κ2) is 8.77. The molecule has 1 aromatic carbocycles. The van der Waals surface area contributed by atoms with E-state index in [1.165, 1.54) is 0 Å². The summed E-state index contributed by atoms with van der Waals surface area (Å²) in [6.07, 6.45) is 3.05. The van der Waals surface area contributed by atoms with Crippen LogP contribution in [0.2, 0.25) is 0 Å². The largest absolute Gasteiger partial charge is 0.444 e. The quantitative estimate of drug-likeness (QED) is 0.373. The van der Waals surface area contributed by atoms with Gasteiger partial charge in [0.2, 0.25) is 0 Å². The molecule has 0 bridgehead atoms. The predicted octanol–water partition coefficient (Wildman–Crippen LogP) is 4.17. The highest BCUT2D eigenvalue weighted by molar-refractivity contribution is 6.13. The van der Waals surface area contributed by atoms with Crippen molar-refractivity contribution in [3.05, 3.63) is 65.6 Å². The van der Waals surface area contributed by atoms with E-state index >= 15 is 0 Å². The second-order valence-corrected chi connectivity index (χ2v) is 7.71. The number of ether oxygens (including phenoxy) is 1. The predicted molar refractivity (Wildman–Crippen MR) is 113 cm³/mol. The molecule has 152 valence electrons. The molecule has 2 aromatic heterocycles. The number of aromatic nitrogens is 2. The molecule has 3 aromatic rings. The molecule has 0 atom stereocenters. The average molecular weight is 394 g/mol. The van der Waals surface area contributed by atoms with E-state index in [4.69, 9.17) is 9.57 Å². The SMILES string of the molecule is Cc1ccc(/C(=N\OCCNC(=O)OC(C)(C)C)c2cc3ccncc3[nH]2)cc1. The first-order valence-electron chi connectivity index (χ1n) is 9.49. The number of hydrogen-bond donors (Lipinski definition) is 2. The summed E-state index contributed by atoms with van der Waals surface area (Å²) in [5.74, 6) is 0. The van der Waals surface area contributed by atoms with E-state index in [0.29, 0.717) is 5.71 Å². The maximum atomic E-state index is 11.7. The molecule has 0 aliphatic rings. The van der Waals surface area contributed by atoms with Gasteiger partial charge in [-0.25, -0.2) is 4.79 Å². The number of rotatable bonds is 6. The molecular weight excluding hydrogens is 368 g/mol. The van der Waals surface area contributed by atoms with Gasteiger partial charge in [0, 0.05) is 17.1 Å². The summed E-state index contributed by atoms with van der Waals surface area (Å²) in [5.41, 5.74) is 3.99. The topological polar surface area (TPSA) is 88.6 Å². The van der Waals surface area contributed by atoms with Crippen molar-refractivity contribution in [2.24, 2.45) is 5.16 Å². The summed E-state index contributed by atoms with van der Waals surface area (Å²) >= 11 is 0. The molecule has 0 aliphatic carbocycles. The number of benzene rings is 1. The Balaban J connectivity index is 1.71. The van der Waals surface area contributed by atoms with Gasteiger partial charge in [-0.05, 0) is 39.8 Å². The fourth-order valence-corrected chi connectivity index (χ4v) is 2.69. The number of aryl methyl sites for hydroxylation is 1. The Hall–Kier alpha value is -3.35. The summed E-state index contributed by atoms with van der Waals surface area (Å²) in [6, 6.07) is 12.0. The number of hydrogen-bond acceptors (Lipinski definition) is 5. The van der Waals surface area contributed by atoms with E-state index in [1.54, 1.807) is 12.4 Å². The molecular formula is C22H26N4O3. The number of amides is 1. The summed E-state index contributed by atoms with van der Waals surface area (Å²) < 4.78 is 5.20. The molecule has 0 unspecified atom stereocenters. The van der Waals surface area contributed by atoms with Gasteiger partial charge in [-0.15, -0.1) is 0 Å². The van der Waals surface area contributed by atoms with Crippen molar-refractivity contribution in [1.29, 1.82) is 0 Å². The van der Waals surface area contributed by atoms with Gasteiger partial charge in [0.05, 0.1) is 24.0 Å². The standard InChI is InChI=1S/C22H26N4O3/c1-15-5-7-16(8-6-15)20(18-13-17-9-10-23-14-19(17)25-18)26-28-12-11-24-21(27)29-22(2,3)4/h5-10,13-14,25H,11-12H2,1-4H3,(H,24,27)/b26-20+. The van der Waals surface area contributed by atoms with Gasteiger partial charge >= 0.3 is 6.09 Å². The lowest BCUT2D eigenvalue weighted by atomic mass is 10.1. The molecule has 2 N–H and O–H groups in total. The highest BCUT2D eigenvalue weighted by Gasteiger charge is 2.15. The van der Waals surface area contributed by atoms with Gasteiger partial charge < -0.3 is 19.9 Å². The number of carbonyl (C=O) groups is 1. The van der Waals surface area contributed by atoms with Gasteiger partial charge in [0.25, 0.3) is 0 Å². The Bertz CT molecular complexity index is 968. The molecule has 0 fully saturated rings. The molecule has 29 heavy (non-hydrogen) atoms. The van der Waals surface area contributed by atoms with E-state index in [0.717, 1.165) is 27.7 Å². The molecule has 0 saturated carbocycles. The monoisotopic (exact) mass is 394 g/mol. The minimum Gasteiger partial charge on any atom is -0.444 e. The molecule has 1 amide bonds. The van der Waals surface area contributed by atoms with Crippen LogP contribution in [0, 0.1) is 6.92 Å². The van der Waals surface area contributed by atoms with Crippen LogP contribution in [0.15, 0.2) is 53.9 Å². The number of H-pyrrole nitrogens is 1. The number of nitrogens with one attached hydrogen (secondary N) is 2. The highest BCUT2D eigenvalue weighted by Crippen LogP contribution is 2.18. The van der Waals surface area contributed by atoms with Crippen LogP contribution < -0.4 is 5.32 Å². The molecule has 7 nitrogen and oxygen atoms in total. The molecule has 0 spiro atoms. The van der Waals surface area contributed by atoms with E-state index in [1.807, 2.05) is 64.1 Å². The van der Waals surface area contributed by atoms with Gasteiger partial charge in [-0.1, -0.05) is 35.0 Å². The Morgan fingerprint density at radius 3 is 2.66 bits per heavy atom. The summed E-state index contributed by atoms with van der Waals surface area (Å²) in [7, 11) is 0. The van der Waals surface area contributed by atoms with Crippen LogP contribution in [-0.4, -0.2) is 40.5 Å². The van der Waals surface area contributed by atoms with Crippen LogP contribution in [0.25, 0.3) is 10.9 Å². The summed E-state index contributed by atoms with van der Waals surface area (Å²) in [5, 5.41) is 8.03. The zero-order chi connectivity index (χ0) is 20.9. The van der Waals surface area contributed by atoms with E-state index in [-0.39, 0.29) is 13.2 Å². The third-order valence-electron chi connectivity index (χ3n) is 4.02. The van der Waals surface area contributed by atoms with E-state index in [2.05, 4.69) is 20.4 Å². The van der Waals surface area contributed by atoms with Gasteiger partial charge in [-0.2, -0.15) is 0 Å². The van der Waals surface area contributed by atoms with Crippen LogP contribution >= 0.6 is 0 Å². The number of fused-ring (bicyclic) bond motifs is 1. The minimum atomic E-state index is -0.536. The number of aromatic amines is 1. The molecule has 3 rings (SSSR count). The molecule has 0 aliphatic heterocycles. The van der Waals surface area contributed by atoms with Crippen LogP contribution in [-0.2, 0) is 9.57 Å². The zero-order valence-electron chi connectivity index (χ0n) is 17.2. The van der Waals surface area contributed by atoms with E-state index in [9.17, 15) is 4.79 Å². The van der Waals surface area contributed by atoms with Gasteiger partial charge in [0.1, 0.15) is 17.9 Å². The third-order valence-corrected chi connectivity index (χ3v) is 4.02. The van der Waals surface area contributed by atoms with Crippen molar-refractivity contribution in [3.63, 3.8) is 0 Å². The first-order chi connectivity index (χ1) is 13.8. The smallest absolute Gasteiger partial charge is 0.407 e. The number of carbonyl (C=O) groups excluding carboxylic acids is 1. The van der Waals surface area contributed by atoms with Crippen molar-refractivity contribution in [3.8, 4) is 0 Å². The lowest BCUT2D eigenvalue weighted by Gasteiger charge is -2.19. The fraction of sp³-hybridized carbons (Fsp3) is 0.318. The lowest BCUT2D eigenvalue weighted by Crippen LogP contribution is -2.34. The number of pyridine rings is 1. The van der Waals surface area contributed by atoms with E-state index < -0.39 is 11.7 Å². The lowest BCUT2D eigenvalue weighted by molar-refractivity contribution is 0.0502. The van der Waals surface area contributed by atoms with Crippen LogP contribution in [0.3, 0.4) is 0 Å². The van der Waals surface area contributed by atoms with Crippen molar-refractivity contribution >= 4 is 22.7 Å². The van der Waals surface area contributed by atoms with Crippen molar-refractivity contribution in [2.75, 3.05) is 13.2 Å². The van der Waals surface area contributed by atoms with Gasteiger partial charge in [-0.3, -0.25) is 4.98 Å². The minimum absolute atomic E-state index is 0.219. The van der Waals surface area contributed by atoms with Crippen molar-refractivity contribution in [1.82, 2.24) is 15.3 Å². The molecule has 2 heterocycles. The van der Waals surface area contributed by atoms with Crippen LogP contribution in [0.5, 0.6) is 0 Å². The van der Waals surface area contributed by atoms with Crippen molar-refractivity contribution in [2.45, 2.75) is 33.3 Å². The summed E-state index contributed by atoms with van der Waals surface area (Å²) in [4.78, 5) is 24.7. The Morgan fingerprint density at radius 1 is 1.21 bits per heavy atom. The third kappa shape index (κ3) is 5.81.